The van der Waals surface area contributed by atoms with Crippen LogP contribution in [0.25, 0.3) is 0 Å². The van der Waals surface area contributed by atoms with Gasteiger partial charge < -0.3 is 45.1 Å². The van der Waals surface area contributed by atoms with Crippen LogP contribution in [0, 0.1) is 0 Å². The molecule has 6 N–H and O–H groups in total. The van der Waals surface area contributed by atoms with E-state index in [0.717, 1.165) is 77.0 Å². The van der Waals surface area contributed by atoms with Crippen LogP contribution in [0.15, 0.2) is 72.9 Å². The lowest BCUT2D eigenvalue weighted by molar-refractivity contribution is -0.302. The first-order valence-corrected chi connectivity index (χ1v) is 37.2. The summed E-state index contributed by atoms with van der Waals surface area (Å²) in [6.07, 6.45) is 79.4. The zero-order valence-corrected chi connectivity index (χ0v) is 56.9. The normalized spacial score (nSPS) is 18.2. The topological polar surface area (TPSA) is 175 Å². The summed E-state index contributed by atoms with van der Waals surface area (Å²) >= 11 is 0. The van der Waals surface area contributed by atoms with E-state index in [1.807, 2.05) is 6.08 Å². The van der Waals surface area contributed by atoms with Gasteiger partial charge in [-0.3, -0.25) is 9.59 Å². The summed E-state index contributed by atoms with van der Waals surface area (Å²) in [4.78, 5) is 25.1. The van der Waals surface area contributed by atoms with Crippen molar-refractivity contribution in [2.75, 3.05) is 19.8 Å². The predicted molar refractivity (Wildman–Crippen MR) is 370 cm³/mol. The molecule has 1 heterocycles. The van der Waals surface area contributed by atoms with E-state index in [0.29, 0.717) is 19.4 Å². The van der Waals surface area contributed by atoms with Crippen molar-refractivity contribution in [2.45, 2.75) is 384 Å². The van der Waals surface area contributed by atoms with Crippen LogP contribution in [0.1, 0.15) is 341 Å². The number of hydrogen-bond acceptors (Lipinski definition) is 10. The molecule has 1 aliphatic heterocycles. The minimum absolute atomic E-state index is 0.00155. The Bertz CT molecular complexity index is 1690. The van der Waals surface area contributed by atoms with Crippen LogP contribution in [0.4, 0.5) is 0 Å². The molecule has 0 aliphatic carbocycles. The highest BCUT2D eigenvalue weighted by molar-refractivity contribution is 5.76. The number of aliphatic hydroxyl groups excluding tert-OH is 5. The number of amides is 1. The summed E-state index contributed by atoms with van der Waals surface area (Å²) in [7, 11) is 0. The van der Waals surface area contributed by atoms with Gasteiger partial charge in [-0.25, -0.2) is 0 Å². The molecular weight excluding hydrogens is 1100 g/mol. The third-order valence-corrected chi connectivity index (χ3v) is 17.3. The van der Waals surface area contributed by atoms with Gasteiger partial charge in [-0.2, -0.15) is 0 Å². The standard InChI is InChI=1S/C77H139NO10/c1-3-5-7-9-11-13-15-16-38-42-45-49-53-57-61-65-73(82)86-66-62-58-54-50-46-43-40-37-35-33-31-29-27-25-23-21-19-17-18-20-22-24-26-28-30-32-34-36-39-41-44-48-52-56-60-64-72(81)78-69(68-87-77-76(85)75(84)74(83)71(67-79)88-77)70(80)63-59-55-51-47-14-12-10-8-6-4-2/h6,8,14,16,19,21,25,27,38,47,59,63,69-71,74-77,79-80,83-85H,3-5,7,9-13,15,17-18,20,22-24,26,28-37,39-46,48-58,60-62,64-68H2,1-2H3,(H,78,81)/b8-6+,21-19-,27-25-,38-16-,47-14+,63-59+. The number of unbranched alkanes of at least 4 members (excludes halogenated alkanes) is 41. The SMILES string of the molecule is CC/C=C/CC/C=C/CC/C=C/C(O)C(COC1OC(CO)C(O)C(O)C1O)NC(=O)CCCCCCCCCCCCCCCCCCC/C=C\C/C=C\CCCCCCCCCCCCCOC(=O)CCCCCCC/C=C\CCCCCCCC. The van der Waals surface area contributed by atoms with E-state index in [4.69, 9.17) is 14.2 Å². The van der Waals surface area contributed by atoms with Gasteiger partial charge in [0.2, 0.25) is 5.91 Å². The Morgan fingerprint density at radius 3 is 1.25 bits per heavy atom. The molecule has 88 heavy (non-hydrogen) atoms. The molecule has 0 bridgehead atoms. The molecule has 7 unspecified atom stereocenters. The third kappa shape index (κ3) is 53.7. The van der Waals surface area contributed by atoms with E-state index in [-0.39, 0.29) is 18.5 Å². The monoisotopic (exact) mass is 1240 g/mol. The number of nitrogens with one attached hydrogen (secondary N) is 1. The van der Waals surface area contributed by atoms with Gasteiger partial charge >= 0.3 is 5.97 Å². The van der Waals surface area contributed by atoms with Crippen molar-refractivity contribution in [1.82, 2.24) is 5.32 Å². The Kier molecular flexibility index (Phi) is 61.9. The Morgan fingerprint density at radius 1 is 0.432 bits per heavy atom. The molecule has 1 fully saturated rings. The highest BCUT2D eigenvalue weighted by Crippen LogP contribution is 2.23. The highest BCUT2D eigenvalue weighted by Gasteiger charge is 2.44. The van der Waals surface area contributed by atoms with Gasteiger partial charge in [-0.05, 0) is 109 Å². The van der Waals surface area contributed by atoms with Gasteiger partial charge in [-0.15, -0.1) is 0 Å². The maximum absolute atomic E-state index is 13.0. The third-order valence-electron chi connectivity index (χ3n) is 17.3. The molecule has 11 nitrogen and oxygen atoms in total. The van der Waals surface area contributed by atoms with Gasteiger partial charge in [0.15, 0.2) is 6.29 Å². The van der Waals surface area contributed by atoms with Crippen molar-refractivity contribution in [3.63, 3.8) is 0 Å². The molecule has 7 atom stereocenters. The van der Waals surface area contributed by atoms with Crippen molar-refractivity contribution in [3.05, 3.63) is 72.9 Å². The molecule has 0 saturated carbocycles. The van der Waals surface area contributed by atoms with E-state index in [2.05, 4.69) is 79.9 Å². The van der Waals surface area contributed by atoms with Gasteiger partial charge in [0.1, 0.15) is 24.4 Å². The summed E-state index contributed by atoms with van der Waals surface area (Å²) in [6, 6.07) is -0.833. The van der Waals surface area contributed by atoms with Crippen molar-refractivity contribution < 1.29 is 49.3 Å². The second-order valence-electron chi connectivity index (χ2n) is 25.6. The van der Waals surface area contributed by atoms with Crippen LogP contribution in [0.2, 0.25) is 0 Å². The molecule has 1 rings (SSSR count). The fourth-order valence-corrected chi connectivity index (χ4v) is 11.4. The molecule has 512 valence electrons. The second kappa shape index (κ2) is 65.6. The average Bonchev–Trinajstić information content (AvgIpc) is 1.96. The molecule has 1 amide bonds. The molecule has 1 aliphatic rings. The molecular formula is C77H139NO10. The first kappa shape index (κ1) is 83.1. The average molecular weight is 1240 g/mol. The number of aliphatic hydroxyl groups is 5. The summed E-state index contributed by atoms with van der Waals surface area (Å²) < 4.78 is 16.7. The van der Waals surface area contributed by atoms with Crippen LogP contribution < -0.4 is 5.32 Å². The van der Waals surface area contributed by atoms with Crippen molar-refractivity contribution >= 4 is 11.9 Å². The minimum atomic E-state index is -1.58. The van der Waals surface area contributed by atoms with E-state index in [1.54, 1.807) is 6.08 Å². The first-order chi connectivity index (χ1) is 43.2. The second-order valence-corrected chi connectivity index (χ2v) is 25.6. The number of carbonyl (C=O) groups is 2. The van der Waals surface area contributed by atoms with E-state index in [1.165, 1.54) is 238 Å². The molecule has 0 aromatic heterocycles. The van der Waals surface area contributed by atoms with E-state index >= 15 is 0 Å². The zero-order chi connectivity index (χ0) is 63.7. The fourth-order valence-electron chi connectivity index (χ4n) is 11.4. The van der Waals surface area contributed by atoms with Gasteiger partial charge in [-0.1, -0.05) is 292 Å². The number of rotatable bonds is 65. The number of hydrogen-bond donors (Lipinski definition) is 6. The van der Waals surface area contributed by atoms with Crippen LogP contribution in [-0.4, -0.2) is 100 Å². The van der Waals surface area contributed by atoms with Crippen molar-refractivity contribution in [2.24, 2.45) is 0 Å². The molecule has 1 saturated heterocycles. The van der Waals surface area contributed by atoms with E-state index in [9.17, 15) is 35.1 Å². The highest BCUT2D eigenvalue weighted by atomic mass is 16.7. The van der Waals surface area contributed by atoms with Crippen LogP contribution >= 0.6 is 0 Å². The lowest BCUT2D eigenvalue weighted by Crippen LogP contribution is -2.60. The number of carbonyl (C=O) groups excluding carboxylic acids is 2. The molecule has 0 radical (unpaired) electrons. The van der Waals surface area contributed by atoms with Crippen molar-refractivity contribution in [3.8, 4) is 0 Å². The smallest absolute Gasteiger partial charge is 0.305 e. The minimum Gasteiger partial charge on any atom is -0.466 e. The van der Waals surface area contributed by atoms with Crippen molar-refractivity contribution in [1.29, 1.82) is 0 Å². The van der Waals surface area contributed by atoms with Gasteiger partial charge in [0.05, 0.1) is 32.0 Å². The van der Waals surface area contributed by atoms with Crippen LogP contribution in [0.3, 0.4) is 0 Å². The maximum Gasteiger partial charge on any atom is 0.305 e. The Morgan fingerprint density at radius 2 is 0.807 bits per heavy atom. The molecule has 0 aromatic carbocycles. The number of allylic oxidation sites excluding steroid dienone is 11. The quantitative estimate of drug-likeness (QED) is 0.0195. The lowest BCUT2D eigenvalue weighted by Gasteiger charge is -2.40. The maximum atomic E-state index is 13.0. The Hall–Kier alpha value is -2.90. The van der Waals surface area contributed by atoms with E-state index < -0.39 is 49.5 Å². The largest absolute Gasteiger partial charge is 0.466 e. The van der Waals surface area contributed by atoms with Crippen LogP contribution in [0.5, 0.6) is 0 Å². The van der Waals surface area contributed by atoms with Gasteiger partial charge in [0, 0.05) is 12.8 Å². The first-order valence-electron chi connectivity index (χ1n) is 37.2. The summed E-state index contributed by atoms with van der Waals surface area (Å²) in [6.45, 7) is 4.21. The summed E-state index contributed by atoms with van der Waals surface area (Å²) in [5.74, 6) is -0.195. The summed E-state index contributed by atoms with van der Waals surface area (Å²) in [5.41, 5.74) is 0. The summed E-state index contributed by atoms with van der Waals surface area (Å²) in [5, 5.41) is 54.3. The number of esters is 1. The van der Waals surface area contributed by atoms with Crippen LogP contribution in [-0.2, 0) is 23.8 Å². The Balaban J connectivity index is 1.91. The molecule has 11 heteroatoms. The lowest BCUT2D eigenvalue weighted by atomic mass is 9.99. The predicted octanol–water partition coefficient (Wildman–Crippen LogP) is 19.5. The fraction of sp³-hybridized carbons (Fsp3) is 0.818. The molecule has 0 spiro atoms. The zero-order valence-electron chi connectivity index (χ0n) is 56.9. The Labute approximate surface area is 541 Å². The molecule has 0 aromatic rings. The van der Waals surface area contributed by atoms with Gasteiger partial charge in [0.25, 0.3) is 0 Å². The number of ether oxygens (including phenoxy) is 3.